The van der Waals surface area contributed by atoms with Gasteiger partial charge in [0.1, 0.15) is 5.75 Å². The van der Waals surface area contributed by atoms with Crippen LogP contribution in [0.4, 0.5) is 0 Å². The molecule has 0 radical (unpaired) electrons. The molecule has 4 fully saturated rings. The number of hydrogen-bond donors (Lipinski definition) is 1. The Morgan fingerprint density at radius 2 is 1.82 bits per heavy atom. The molecule has 5 heteroatoms. The molecule has 1 atom stereocenters. The van der Waals surface area contributed by atoms with Crippen molar-refractivity contribution in [1.29, 1.82) is 0 Å². The average Bonchev–Trinajstić information content (AvgIpc) is 2.82. The predicted octanol–water partition coefficient (Wildman–Crippen LogP) is 5.85. The Labute approximate surface area is 201 Å². The number of hydrogen-bond acceptors (Lipinski definition) is 4. The molecule has 178 valence electrons. The second kappa shape index (κ2) is 9.09. The van der Waals surface area contributed by atoms with Gasteiger partial charge < -0.3 is 19.3 Å². The molecule has 2 aromatic carbocycles. The number of aromatic carboxylic acids is 1. The maximum atomic E-state index is 11.7. The highest BCUT2D eigenvalue weighted by Gasteiger charge is 2.52. The molecule has 4 aliphatic rings. The van der Waals surface area contributed by atoms with Gasteiger partial charge in [0.15, 0.2) is 0 Å². The summed E-state index contributed by atoms with van der Waals surface area (Å²) in [6.45, 7) is 1.56. The standard InChI is InChI=1S/C29H32O5/c1-4-22-23(7-6-8-24(22)27(30)31)21-9-10-25(26(14-21)34-28(32-3)33-5-2)29-15-18-11-19(16-29)13-20(12-18)17-29/h1,6-10,14,18-20,28H,5,11-13,15-17H2,2-3H3,(H,30,31). The number of terminal acetylenes is 1. The van der Waals surface area contributed by atoms with Gasteiger partial charge in [0.05, 0.1) is 12.2 Å². The highest BCUT2D eigenvalue weighted by molar-refractivity contribution is 5.94. The van der Waals surface area contributed by atoms with E-state index in [-0.39, 0.29) is 11.0 Å². The predicted molar refractivity (Wildman–Crippen MR) is 130 cm³/mol. The Kier molecular flexibility index (Phi) is 6.14. The number of carboxylic acids is 1. The summed E-state index contributed by atoms with van der Waals surface area (Å²) in [5, 5.41) is 9.62. The van der Waals surface area contributed by atoms with E-state index in [4.69, 9.17) is 20.6 Å². The van der Waals surface area contributed by atoms with E-state index in [2.05, 4.69) is 18.1 Å². The molecular weight excluding hydrogens is 428 g/mol. The Morgan fingerprint density at radius 3 is 2.38 bits per heavy atom. The van der Waals surface area contributed by atoms with Crippen LogP contribution in [-0.2, 0) is 14.9 Å². The summed E-state index contributed by atoms with van der Waals surface area (Å²) in [6, 6.07) is 11.3. The van der Waals surface area contributed by atoms with E-state index >= 15 is 0 Å². The van der Waals surface area contributed by atoms with Crippen LogP contribution in [0.15, 0.2) is 36.4 Å². The van der Waals surface area contributed by atoms with E-state index in [1.54, 1.807) is 13.2 Å². The summed E-state index contributed by atoms with van der Waals surface area (Å²) in [5.41, 5.74) is 3.35. The van der Waals surface area contributed by atoms with E-state index in [1.807, 2.05) is 19.1 Å². The summed E-state index contributed by atoms with van der Waals surface area (Å²) in [4.78, 5) is 11.7. The number of benzene rings is 2. The Morgan fingerprint density at radius 1 is 1.15 bits per heavy atom. The monoisotopic (exact) mass is 460 g/mol. The van der Waals surface area contributed by atoms with Gasteiger partial charge in [-0.05, 0) is 91.9 Å². The molecule has 1 N–H and O–H groups in total. The molecule has 0 aliphatic heterocycles. The normalized spacial score (nSPS) is 27.9. The molecule has 1 unspecified atom stereocenters. The van der Waals surface area contributed by atoms with E-state index < -0.39 is 12.4 Å². The van der Waals surface area contributed by atoms with Crippen LogP contribution in [0.1, 0.15) is 66.9 Å². The third-order valence-corrected chi connectivity index (χ3v) is 8.06. The third kappa shape index (κ3) is 4.00. The first-order chi connectivity index (χ1) is 16.5. The maximum absolute atomic E-state index is 11.7. The highest BCUT2D eigenvalue weighted by Crippen LogP contribution is 2.62. The van der Waals surface area contributed by atoms with E-state index in [0.717, 1.165) is 29.1 Å². The molecule has 34 heavy (non-hydrogen) atoms. The van der Waals surface area contributed by atoms with Crippen LogP contribution in [0.25, 0.3) is 11.1 Å². The van der Waals surface area contributed by atoms with Gasteiger partial charge in [-0.1, -0.05) is 30.2 Å². The van der Waals surface area contributed by atoms with Crippen molar-refractivity contribution in [3.8, 4) is 29.2 Å². The van der Waals surface area contributed by atoms with Gasteiger partial charge in [-0.3, -0.25) is 0 Å². The summed E-state index contributed by atoms with van der Waals surface area (Å²) in [7, 11) is 1.57. The number of methoxy groups -OCH3 is 1. The average molecular weight is 461 g/mol. The van der Waals surface area contributed by atoms with Gasteiger partial charge in [-0.25, -0.2) is 4.79 Å². The zero-order chi connectivity index (χ0) is 23.9. The first kappa shape index (κ1) is 23.0. The molecule has 4 aliphatic carbocycles. The van der Waals surface area contributed by atoms with Crippen molar-refractivity contribution in [2.75, 3.05) is 13.7 Å². The van der Waals surface area contributed by atoms with E-state index in [9.17, 15) is 9.90 Å². The van der Waals surface area contributed by atoms with Crippen LogP contribution >= 0.6 is 0 Å². The van der Waals surface area contributed by atoms with Gasteiger partial charge in [0, 0.05) is 18.2 Å². The van der Waals surface area contributed by atoms with Crippen molar-refractivity contribution in [2.24, 2.45) is 17.8 Å². The quantitative estimate of drug-likeness (QED) is 0.396. The smallest absolute Gasteiger partial charge is 0.336 e. The van der Waals surface area contributed by atoms with Gasteiger partial charge >= 0.3 is 12.4 Å². The second-order valence-electron chi connectivity index (χ2n) is 10.2. The Bertz CT molecular complexity index is 1090. The van der Waals surface area contributed by atoms with Gasteiger partial charge in [0.2, 0.25) is 0 Å². The molecule has 0 aromatic heterocycles. The minimum atomic E-state index is -1.03. The fourth-order valence-electron chi connectivity index (χ4n) is 7.18. The third-order valence-electron chi connectivity index (χ3n) is 8.06. The molecule has 2 aromatic rings. The molecule has 0 spiro atoms. The topological polar surface area (TPSA) is 65.0 Å². The summed E-state index contributed by atoms with van der Waals surface area (Å²) in [5.74, 6) is 4.68. The molecule has 6 rings (SSSR count). The molecule has 5 nitrogen and oxygen atoms in total. The molecule has 0 saturated heterocycles. The summed E-state index contributed by atoms with van der Waals surface area (Å²) in [6.07, 6.45) is 13.4. The van der Waals surface area contributed by atoms with Gasteiger partial charge in [-0.2, -0.15) is 0 Å². The summed E-state index contributed by atoms with van der Waals surface area (Å²) >= 11 is 0. The van der Waals surface area contributed by atoms with Crippen molar-refractivity contribution in [3.63, 3.8) is 0 Å². The maximum Gasteiger partial charge on any atom is 0.336 e. The minimum Gasteiger partial charge on any atom is -0.478 e. The lowest BCUT2D eigenvalue weighted by Gasteiger charge is -2.57. The largest absolute Gasteiger partial charge is 0.478 e. The SMILES string of the molecule is C#Cc1c(C(=O)O)cccc1-c1ccc(C23CC4CC(CC(C4)C2)C3)c(OC(OC)OCC)c1. The summed E-state index contributed by atoms with van der Waals surface area (Å²) < 4.78 is 17.4. The van der Waals surface area contributed by atoms with Crippen LogP contribution in [0.5, 0.6) is 5.75 Å². The zero-order valence-electron chi connectivity index (χ0n) is 19.9. The van der Waals surface area contributed by atoms with Crippen LogP contribution in [0.2, 0.25) is 0 Å². The fraction of sp³-hybridized carbons (Fsp3) is 0.483. The fourth-order valence-corrected chi connectivity index (χ4v) is 7.18. The lowest BCUT2D eigenvalue weighted by molar-refractivity contribution is -0.231. The van der Waals surface area contributed by atoms with Crippen molar-refractivity contribution in [2.45, 2.75) is 57.3 Å². The first-order valence-corrected chi connectivity index (χ1v) is 12.2. The molecule has 0 heterocycles. The second-order valence-corrected chi connectivity index (χ2v) is 10.2. The van der Waals surface area contributed by atoms with Gasteiger partial charge in [0.25, 0.3) is 0 Å². The van der Waals surface area contributed by atoms with Crippen molar-refractivity contribution in [1.82, 2.24) is 0 Å². The van der Waals surface area contributed by atoms with Crippen molar-refractivity contribution >= 4 is 5.97 Å². The molecule has 4 saturated carbocycles. The Balaban J connectivity index is 1.61. The number of rotatable bonds is 8. The van der Waals surface area contributed by atoms with Crippen molar-refractivity contribution < 1.29 is 24.1 Å². The van der Waals surface area contributed by atoms with Crippen LogP contribution in [0.3, 0.4) is 0 Å². The van der Waals surface area contributed by atoms with Gasteiger partial charge in [-0.15, -0.1) is 6.42 Å². The van der Waals surface area contributed by atoms with E-state index in [1.165, 1.54) is 50.2 Å². The Hall–Kier alpha value is -2.81. The minimum absolute atomic E-state index is 0.116. The zero-order valence-corrected chi connectivity index (χ0v) is 19.9. The molecule has 4 bridgehead atoms. The molecule has 0 amide bonds. The number of ether oxygens (including phenoxy) is 3. The lowest BCUT2D eigenvalue weighted by atomic mass is 9.48. The van der Waals surface area contributed by atoms with Crippen LogP contribution in [0, 0.1) is 30.1 Å². The van der Waals surface area contributed by atoms with E-state index in [0.29, 0.717) is 17.7 Å². The lowest BCUT2D eigenvalue weighted by Crippen LogP contribution is -2.48. The molecular formula is C29H32O5. The van der Waals surface area contributed by atoms with Crippen molar-refractivity contribution in [3.05, 3.63) is 53.1 Å². The number of carboxylic acid groups (broad SMARTS) is 1. The van der Waals surface area contributed by atoms with Crippen LogP contribution in [-0.4, -0.2) is 31.3 Å². The van der Waals surface area contributed by atoms with Crippen LogP contribution < -0.4 is 4.74 Å². The first-order valence-electron chi connectivity index (χ1n) is 12.2. The number of carbonyl (C=O) groups is 1. The highest BCUT2D eigenvalue weighted by atomic mass is 16.8.